The van der Waals surface area contributed by atoms with Gasteiger partial charge in [0.15, 0.2) is 0 Å². The van der Waals surface area contributed by atoms with Crippen molar-refractivity contribution in [3.8, 4) is 0 Å². The topological polar surface area (TPSA) is 88.5 Å². The van der Waals surface area contributed by atoms with E-state index in [1.165, 1.54) is 0 Å². The molecule has 2 aromatic rings. The van der Waals surface area contributed by atoms with E-state index in [4.69, 9.17) is 16.3 Å². The molecule has 0 unspecified atom stereocenters. The predicted octanol–water partition coefficient (Wildman–Crippen LogP) is 4.01. The van der Waals surface area contributed by atoms with E-state index in [2.05, 4.69) is 15.7 Å². The van der Waals surface area contributed by atoms with E-state index < -0.39 is 11.6 Å². The molecular formula is C19H24ClN5O3. The van der Waals surface area contributed by atoms with Gasteiger partial charge in [-0.05, 0) is 45.0 Å². The first kappa shape index (κ1) is 20.0. The Bertz CT molecular complexity index is 886. The molecule has 0 saturated carbocycles. The van der Waals surface area contributed by atoms with E-state index in [1.54, 1.807) is 40.9 Å². The molecule has 0 radical (unpaired) electrons. The van der Waals surface area contributed by atoms with Crippen molar-refractivity contribution in [3.05, 3.63) is 40.5 Å². The lowest BCUT2D eigenvalue weighted by molar-refractivity contribution is 0.0224. The predicted molar refractivity (Wildman–Crippen MR) is 108 cm³/mol. The number of aromatic nitrogens is 2. The molecule has 1 aliphatic rings. The molecule has 3 rings (SSSR count). The number of amides is 3. The fraction of sp³-hybridized carbons (Fsp3) is 0.421. The fourth-order valence-electron chi connectivity index (χ4n) is 2.94. The summed E-state index contributed by atoms with van der Waals surface area (Å²) < 4.78 is 7.07. The summed E-state index contributed by atoms with van der Waals surface area (Å²) >= 11 is 5.86. The van der Waals surface area contributed by atoms with Gasteiger partial charge in [0.05, 0.1) is 12.2 Å². The Morgan fingerprint density at radius 1 is 1.18 bits per heavy atom. The largest absolute Gasteiger partial charge is 0.444 e. The number of benzene rings is 1. The second-order valence-electron chi connectivity index (χ2n) is 7.64. The van der Waals surface area contributed by atoms with Crippen LogP contribution in [-0.2, 0) is 24.8 Å². The summed E-state index contributed by atoms with van der Waals surface area (Å²) in [4.78, 5) is 26.4. The number of halogens is 1. The lowest BCUT2D eigenvalue weighted by Gasteiger charge is -2.29. The smallest absolute Gasteiger partial charge is 0.410 e. The summed E-state index contributed by atoms with van der Waals surface area (Å²) in [5.41, 5.74) is 1.73. The standard InChI is InChI=1S/C19H24ClN5O3/c1-19(2,3)28-18(27)25-10-9-15-14(11-25)16(24(4)23-15)22-17(26)21-13-7-5-12(20)6-8-13/h5-8H,9-11H2,1-4H3,(H2,21,22,26). The maximum Gasteiger partial charge on any atom is 0.410 e. The Balaban J connectivity index is 1.72. The van der Waals surface area contributed by atoms with Crippen molar-refractivity contribution >= 4 is 35.2 Å². The number of hydrogen-bond acceptors (Lipinski definition) is 4. The van der Waals surface area contributed by atoms with Gasteiger partial charge in [0.25, 0.3) is 0 Å². The molecule has 0 aliphatic carbocycles. The first-order valence-electron chi connectivity index (χ1n) is 8.98. The van der Waals surface area contributed by atoms with Gasteiger partial charge < -0.3 is 15.0 Å². The summed E-state index contributed by atoms with van der Waals surface area (Å²) in [6.45, 7) is 6.35. The number of nitrogens with one attached hydrogen (secondary N) is 2. The molecule has 150 valence electrons. The Hall–Kier alpha value is -2.74. The summed E-state index contributed by atoms with van der Waals surface area (Å²) in [6.07, 6.45) is 0.224. The van der Waals surface area contributed by atoms with Crippen LogP contribution in [-0.4, -0.2) is 39.0 Å². The highest BCUT2D eigenvalue weighted by Crippen LogP contribution is 2.27. The minimum atomic E-state index is -0.564. The van der Waals surface area contributed by atoms with Crippen LogP contribution >= 0.6 is 11.6 Å². The number of fused-ring (bicyclic) bond motifs is 1. The molecule has 2 N–H and O–H groups in total. The third-order valence-electron chi connectivity index (χ3n) is 4.18. The van der Waals surface area contributed by atoms with Crippen molar-refractivity contribution in [2.45, 2.75) is 39.3 Å². The SMILES string of the molecule is Cn1nc2c(c1NC(=O)Nc1ccc(Cl)cc1)CN(C(=O)OC(C)(C)C)CC2. The molecule has 28 heavy (non-hydrogen) atoms. The number of aryl methyl sites for hydroxylation is 1. The molecule has 0 saturated heterocycles. The maximum atomic E-state index is 12.4. The number of carbonyl (C=O) groups is 2. The third-order valence-corrected chi connectivity index (χ3v) is 4.43. The number of anilines is 2. The zero-order valence-corrected chi connectivity index (χ0v) is 17.1. The van der Waals surface area contributed by atoms with Gasteiger partial charge in [-0.25, -0.2) is 9.59 Å². The van der Waals surface area contributed by atoms with Gasteiger partial charge in [0, 0.05) is 36.3 Å². The molecule has 8 nitrogen and oxygen atoms in total. The van der Waals surface area contributed by atoms with E-state index in [1.807, 2.05) is 20.8 Å². The second kappa shape index (κ2) is 7.71. The quantitative estimate of drug-likeness (QED) is 0.790. The summed E-state index contributed by atoms with van der Waals surface area (Å²) in [5, 5.41) is 10.6. The minimum absolute atomic E-state index is 0.328. The lowest BCUT2D eigenvalue weighted by Crippen LogP contribution is -2.40. The van der Waals surface area contributed by atoms with Crippen molar-refractivity contribution in [2.75, 3.05) is 17.2 Å². The molecule has 1 aromatic heterocycles. The molecule has 1 aromatic carbocycles. The van der Waals surface area contributed by atoms with Gasteiger partial charge in [-0.1, -0.05) is 11.6 Å². The van der Waals surface area contributed by atoms with Crippen LogP contribution < -0.4 is 10.6 Å². The molecule has 3 amide bonds. The summed E-state index contributed by atoms with van der Waals surface area (Å²) in [6, 6.07) is 6.42. The zero-order valence-electron chi connectivity index (χ0n) is 16.4. The molecule has 9 heteroatoms. The van der Waals surface area contributed by atoms with Crippen LogP contribution in [0.2, 0.25) is 5.02 Å². The number of urea groups is 1. The van der Waals surface area contributed by atoms with Crippen molar-refractivity contribution in [1.29, 1.82) is 0 Å². The highest BCUT2D eigenvalue weighted by molar-refractivity contribution is 6.30. The van der Waals surface area contributed by atoms with Crippen LogP contribution in [0.3, 0.4) is 0 Å². The summed E-state index contributed by atoms with van der Waals surface area (Å²) in [7, 11) is 1.76. The van der Waals surface area contributed by atoms with E-state index in [-0.39, 0.29) is 6.09 Å². The average molecular weight is 406 g/mol. The average Bonchev–Trinajstić information content (AvgIpc) is 2.90. The molecule has 1 aliphatic heterocycles. The highest BCUT2D eigenvalue weighted by Gasteiger charge is 2.30. The van der Waals surface area contributed by atoms with Gasteiger partial charge in [-0.3, -0.25) is 10.00 Å². The molecule has 0 atom stereocenters. The van der Waals surface area contributed by atoms with Crippen molar-refractivity contribution in [1.82, 2.24) is 14.7 Å². The maximum absolute atomic E-state index is 12.4. The van der Waals surface area contributed by atoms with Crippen LogP contribution in [0, 0.1) is 0 Å². The highest BCUT2D eigenvalue weighted by atomic mass is 35.5. The Morgan fingerprint density at radius 3 is 2.50 bits per heavy atom. The zero-order chi connectivity index (χ0) is 20.5. The van der Waals surface area contributed by atoms with E-state index >= 15 is 0 Å². The van der Waals surface area contributed by atoms with Crippen LogP contribution in [0.4, 0.5) is 21.1 Å². The number of rotatable bonds is 2. The number of nitrogens with zero attached hydrogens (tertiary/aromatic N) is 3. The van der Waals surface area contributed by atoms with Gasteiger partial charge >= 0.3 is 12.1 Å². The van der Waals surface area contributed by atoms with Crippen LogP contribution in [0.25, 0.3) is 0 Å². The first-order chi connectivity index (χ1) is 13.1. The fourth-order valence-corrected chi connectivity index (χ4v) is 3.07. The number of ether oxygens (including phenoxy) is 1. The Kier molecular flexibility index (Phi) is 5.51. The minimum Gasteiger partial charge on any atom is -0.444 e. The molecular weight excluding hydrogens is 382 g/mol. The van der Waals surface area contributed by atoms with Gasteiger partial charge in [0.2, 0.25) is 0 Å². The Morgan fingerprint density at radius 2 is 1.86 bits per heavy atom. The summed E-state index contributed by atoms with van der Waals surface area (Å²) in [5.74, 6) is 0.551. The van der Waals surface area contributed by atoms with Crippen LogP contribution in [0.5, 0.6) is 0 Å². The third kappa shape index (κ3) is 4.75. The monoisotopic (exact) mass is 405 g/mol. The molecule has 2 heterocycles. The van der Waals surface area contributed by atoms with Crippen molar-refractivity contribution in [2.24, 2.45) is 7.05 Å². The first-order valence-corrected chi connectivity index (χ1v) is 9.36. The van der Waals surface area contributed by atoms with Crippen LogP contribution in [0.15, 0.2) is 24.3 Å². The van der Waals surface area contributed by atoms with Crippen molar-refractivity contribution < 1.29 is 14.3 Å². The Labute approximate surface area is 168 Å². The van der Waals surface area contributed by atoms with Gasteiger partial charge in [-0.15, -0.1) is 0 Å². The molecule has 0 fully saturated rings. The second-order valence-corrected chi connectivity index (χ2v) is 8.07. The van der Waals surface area contributed by atoms with Gasteiger partial charge in [-0.2, -0.15) is 5.10 Å². The number of hydrogen-bond donors (Lipinski definition) is 2. The van der Waals surface area contributed by atoms with E-state index in [0.29, 0.717) is 36.0 Å². The number of carbonyl (C=O) groups excluding carboxylic acids is 2. The van der Waals surface area contributed by atoms with E-state index in [0.717, 1.165) is 11.3 Å². The van der Waals surface area contributed by atoms with Crippen molar-refractivity contribution in [3.63, 3.8) is 0 Å². The van der Waals surface area contributed by atoms with E-state index in [9.17, 15) is 9.59 Å². The molecule has 0 spiro atoms. The van der Waals surface area contributed by atoms with Gasteiger partial charge in [0.1, 0.15) is 11.4 Å². The molecule has 0 bridgehead atoms. The lowest BCUT2D eigenvalue weighted by atomic mass is 10.1. The van der Waals surface area contributed by atoms with Crippen LogP contribution in [0.1, 0.15) is 32.0 Å². The normalized spacial score (nSPS) is 13.7.